The first-order valence-electron chi connectivity index (χ1n) is 9.46. The van der Waals surface area contributed by atoms with Gasteiger partial charge in [-0.1, -0.05) is 0 Å². The minimum absolute atomic E-state index is 0. The van der Waals surface area contributed by atoms with Gasteiger partial charge in [0.05, 0.1) is 27.4 Å². The van der Waals surface area contributed by atoms with Crippen LogP contribution in [-0.2, 0) is 11.3 Å². The largest absolute Gasteiger partial charge is 0.497 e. The van der Waals surface area contributed by atoms with Crippen molar-refractivity contribution in [3.63, 3.8) is 0 Å². The summed E-state index contributed by atoms with van der Waals surface area (Å²) in [4.78, 5) is 9.01. The fraction of sp³-hybridized carbons (Fsp3) is 0.650. The fourth-order valence-corrected chi connectivity index (χ4v) is 3.45. The van der Waals surface area contributed by atoms with Gasteiger partial charge in [-0.3, -0.25) is 9.89 Å². The summed E-state index contributed by atoms with van der Waals surface area (Å²) in [5.41, 5.74) is 1.08. The summed E-state index contributed by atoms with van der Waals surface area (Å²) in [6.45, 7) is 8.57. The predicted molar refractivity (Wildman–Crippen MR) is 124 cm³/mol. The van der Waals surface area contributed by atoms with E-state index < -0.39 is 0 Å². The third kappa shape index (κ3) is 6.66. The minimum Gasteiger partial charge on any atom is -0.497 e. The monoisotopic (exact) mass is 506 g/mol. The first-order chi connectivity index (χ1) is 13.0. The van der Waals surface area contributed by atoms with Gasteiger partial charge in [0, 0.05) is 57.4 Å². The summed E-state index contributed by atoms with van der Waals surface area (Å²) in [6, 6.07) is 6.73. The molecule has 2 atom stereocenters. The van der Waals surface area contributed by atoms with Gasteiger partial charge in [0.25, 0.3) is 0 Å². The number of morpholine rings is 1. The van der Waals surface area contributed by atoms with E-state index >= 15 is 0 Å². The summed E-state index contributed by atoms with van der Waals surface area (Å²) in [5, 5.41) is 3.50. The second-order valence-electron chi connectivity index (χ2n) is 6.97. The highest BCUT2D eigenvalue weighted by atomic mass is 127. The molecule has 2 unspecified atom stereocenters. The number of halogens is 1. The van der Waals surface area contributed by atoms with Gasteiger partial charge < -0.3 is 24.4 Å². The molecule has 7 nitrogen and oxygen atoms in total. The number of guanidine groups is 1. The molecule has 1 aromatic rings. The van der Waals surface area contributed by atoms with Gasteiger partial charge in [-0.15, -0.1) is 24.0 Å². The van der Waals surface area contributed by atoms with Crippen molar-refractivity contribution in [1.29, 1.82) is 0 Å². The number of nitrogens with one attached hydrogen (secondary N) is 1. The van der Waals surface area contributed by atoms with Crippen LogP contribution in [0, 0.1) is 0 Å². The maximum atomic E-state index is 5.54. The number of benzene rings is 1. The Labute approximate surface area is 186 Å². The predicted octanol–water partition coefficient (Wildman–Crippen LogP) is 2.44. The van der Waals surface area contributed by atoms with E-state index in [2.05, 4.69) is 34.0 Å². The highest BCUT2D eigenvalue weighted by Crippen LogP contribution is 2.25. The zero-order valence-corrected chi connectivity index (χ0v) is 20.2. The third-order valence-electron chi connectivity index (χ3n) is 5.02. The number of rotatable bonds is 7. The molecule has 1 fully saturated rings. The summed E-state index contributed by atoms with van der Waals surface area (Å²) >= 11 is 0. The average Bonchev–Trinajstić information content (AvgIpc) is 2.68. The van der Waals surface area contributed by atoms with E-state index in [1.807, 2.05) is 32.3 Å². The van der Waals surface area contributed by atoms with Crippen molar-refractivity contribution >= 4 is 29.9 Å². The van der Waals surface area contributed by atoms with E-state index in [-0.39, 0.29) is 24.0 Å². The van der Waals surface area contributed by atoms with Crippen LogP contribution in [0.3, 0.4) is 0 Å². The molecule has 160 valence electrons. The SMILES string of the molecule is CN=C(NCC(C)N1CCOCC1C)N(C)Cc1ccc(OC)cc1OC.I. The van der Waals surface area contributed by atoms with Crippen molar-refractivity contribution in [1.82, 2.24) is 15.1 Å². The number of methoxy groups -OCH3 is 2. The van der Waals surface area contributed by atoms with Crippen molar-refractivity contribution in [2.45, 2.75) is 32.5 Å². The molecular formula is C20H35IN4O3. The van der Waals surface area contributed by atoms with E-state index in [0.29, 0.717) is 18.6 Å². The quantitative estimate of drug-likeness (QED) is 0.349. The van der Waals surface area contributed by atoms with Crippen LogP contribution in [0.2, 0.25) is 0 Å². The van der Waals surface area contributed by atoms with Gasteiger partial charge >= 0.3 is 0 Å². The molecule has 0 bridgehead atoms. The summed E-state index contributed by atoms with van der Waals surface area (Å²) in [6.07, 6.45) is 0. The summed E-state index contributed by atoms with van der Waals surface area (Å²) < 4.78 is 16.3. The lowest BCUT2D eigenvalue weighted by Gasteiger charge is -2.38. The molecule has 1 saturated heterocycles. The Morgan fingerprint density at radius 3 is 2.75 bits per heavy atom. The molecule has 0 radical (unpaired) electrons. The van der Waals surface area contributed by atoms with Gasteiger partial charge in [0.15, 0.2) is 5.96 Å². The van der Waals surface area contributed by atoms with Crippen molar-refractivity contribution in [2.75, 3.05) is 54.6 Å². The zero-order valence-electron chi connectivity index (χ0n) is 17.9. The molecule has 1 aromatic carbocycles. The lowest BCUT2D eigenvalue weighted by molar-refractivity contribution is -0.0175. The van der Waals surface area contributed by atoms with Crippen LogP contribution >= 0.6 is 24.0 Å². The molecule has 0 amide bonds. The van der Waals surface area contributed by atoms with Gasteiger partial charge in [0.2, 0.25) is 0 Å². The second-order valence-corrected chi connectivity index (χ2v) is 6.97. The van der Waals surface area contributed by atoms with Crippen LogP contribution < -0.4 is 14.8 Å². The molecule has 8 heteroatoms. The summed E-state index contributed by atoms with van der Waals surface area (Å²) in [7, 11) is 7.17. The van der Waals surface area contributed by atoms with Crippen LogP contribution in [0.5, 0.6) is 11.5 Å². The number of aliphatic imine (C=N–C) groups is 1. The first kappa shape index (κ1) is 24.8. The molecule has 1 N–H and O–H groups in total. The van der Waals surface area contributed by atoms with E-state index in [1.54, 1.807) is 14.2 Å². The molecule has 0 spiro atoms. The van der Waals surface area contributed by atoms with Gasteiger partial charge in [-0.2, -0.15) is 0 Å². The Kier molecular flexibility index (Phi) is 10.9. The van der Waals surface area contributed by atoms with Gasteiger partial charge in [-0.25, -0.2) is 0 Å². The normalized spacial score (nSPS) is 18.8. The maximum absolute atomic E-state index is 5.54. The van der Waals surface area contributed by atoms with E-state index in [4.69, 9.17) is 14.2 Å². The van der Waals surface area contributed by atoms with E-state index in [0.717, 1.165) is 49.3 Å². The molecule has 0 aromatic heterocycles. The maximum Gasteiger partial charge on any atom is 0.193 e. The summed E-state index contributed by atoms with van der Waals surface area (Å²) in [5.74, 6) is 2.46. The average molecular weight is 506 g/mol. The third-order valence-corrected chi connectivity index (χ3v) is 5.02. The van der Waals surface area contributed by atoms with Crippen LogP contribution in [-0.4, -0.2) is 82.5 Å². The number of ether oxygens (including phenoxy) is 3. The smallest absolute Gasteiger partial charge is 0.193 e. The van der Waals surface area contributed by atoms with Crippen LogP contribution in [0.1, 0.15) is 19.4 Å². The van der Waals surface area contributed by atoms with E-state index in [1.165, 1.54) is 0 Å². The fourth-order valence-electron chi connectivity index (χ4n) is 3.45. The Balaban J connectivity index is 0.00000392. The molecule has 0 aliphatic carbocycles. The van der Waals surface area contributed by atoms with Crippen LogP contribution in [0.25, 0.3) is 0 Å². The highest BCUT2D eigenvalue weighted by Gasteiger charge is 2.24. The van der Waals surface area contributed by atoms with Crippen molar-refractivity contribution in [3.05, 3.63) is 23.8 Å². The zero-order chi connectivity index (χ0) is 19.8. The van der Waals surface area contributed by atoms with Crippen molar-refractivity contribution < 1.29 is 14.2 Å². The molecular weight excluding hydrogens is 471 g/mol. The number of nitrogens with zero attached hydrogens (tertiary/aromatic N) is 3. The Bertz CT molecular complexity index is 629. The van der Waals surface area contributed by atoms with Crippen LogP contribution in [0.15, 0.2) is 23.2 Å². The standard InChI is InChI=1S/C20H34N4O3.HI/c1-15(24-9-10-27-14-16(24)2)12-22-20(21-3)23(4)13-17-7-8-18(25-5)11-19(17)26-6;/h7-8,11,15-16H,9-10,12-14H2,1-6H3,(H,21,22);1H. The minimum atomic E-state index is 0. The topological polar surface area (TPSA) is 58.6 Å². The molecule has 2 rings (SSSR count). The number of hydrogen-bond acceptors (Lipinski definition) is 5. The molecule has 1 aliphatic heterocycles. The van der Waals surface area contributed by atoms with Crippen molar-refractivity contribution in [3.8, 4) is 11.5 Å². The number of hydrogen-bond donors (Lipinski definition) is 1. The van der Waals surface area contributed by atoms with Gasteiger partial charge in [-0.05, 0) is 26.0 Å². The first-order valence-corrected chi connectivity index (χ1v) is 9.46. The van der Waals surface area contributed by atoms with Crippen molar-refractivity contribution in [2.24, 2.45) is 4.99 Å². The molecule has 1 aliphatic rings. The lowest BCUT2D eigenvalue weighted by Crippen LogP contribution is -2.53. The van der Waals surface area contributed by atoms with Gasteiger partial charge in [0.1, 0.15) is 11.5 Å². The molecule has 0 saturated carbocycles. The van der Waals surface area contributed by atoms with Crippen LogP contribution in [0.4, 0.5) is 0 Å². The Morgan fingerprint density at radius 2 is 2.14 bits per heavy atom. The lowest BCUT2D eigenvalue weighted by atomic mass is 10.1. The Morgan fingerprint density at radius 1 is 1.39 bits per heavy atom. The molecule has 1 heterocycles. The Hall–Kier alpha value is -1.26. The highest BCUT2D eigenvalue weighted by molar-refractivity contribution is 14.0. The van der Waals surface area contributed by atoms with E-state index in [9.17, 15) is 0 Å². The molecule has 28 heavy (non-hydrogen) atoms. The second kappa shape index (κ2) is 12.3.